The average Bonchev–Trinajstić information content (AvgIpc) is 2.79. The molecule has 29 heavy (non-hydrogen) atoms. The third kappa shape index (κ3) is 4.81. The first kappa shape index (κ1) is 19.1. The zero-order valence-electron chi connectivity index (χ0n) is 15.7. The molecule has 1 saturated heterocycles. The lowest BCUT2D eigenvalue weighted by atomic mass is 10.2. The van der Waals surface area contributed by atoms with Gasteiger partial charge >= 0.3 is 0 Å². The topological polar surface area (TPSA) is 71.5 Å². The number of piperazine rings is 1. The Morgan fingerprint density at radius 3 is 2.38 bits per heavy atom. The van der Waals surface area contributed by atoms with Crippen molar-refractivity contribution in [2.24, 2.45) is 0 Å². The summed E-state index contributed by atoms with van der Waals surface area (Å²) in [5, 5.41) is 9.25. The molecule has 7 nitrogen and oxygen atoms in total. The Hall–Kier alpha value is -3.19. The van der Waals surface area contributed by atoms with E-state index in [0.717, 1.165) is 17.2 Å². The van der Waals surface area contributed by atoms with Gasteiger partial charge < -0.3 is 14.5 Å². The summed E-state index contributed by atoms with van der Waals surface area (Å²) < 4.78 is 5.55. The van der Waals surface area contributed by atoms with E-state index in [-0.39, 0.29) is 12.5 Å². The Balaban J connectivity index is 1.28. The maximum Gasteiger partial charge on any atom is 0.260 e. The van der Waals surface area contributed by atoms with Gasteiger partial charge in [0.15, 0.2) is 12.4 Å². The van der Waals surface area contributed by atoms with Crippen molar-refractivity contribution in [3.8, 4) is 17.1 Å². The second kappa shape index (κ2) is 8.87. The monoisotopic (exact) mass is 409 g/mol. The van der Waals surface area contributed by atoms with Gasteiger partial charge in [0.05, 0.1) is 5.69 Å². The Bertz CT molecular complexity index is 943. The number of aromatic nitrogens is 3. The molecule has 3 aromatic rings. The van der Waals surface area contributed by atoms with Gasteiger partial charge in [0, 0.05) is 37.4 Å². The second-order valence-corrected chi connectivity index (χ2v) is 7.04. The zero-order chi connectivity index (χ0) is 20.1. The number of ether oxygens (including phenoxy) is 1. The molecule has 1 aromatic carbocycles. The fraction of sp³-hybridized carbons (Fsp3) is 0.238. The molecule has 8 heteroatoms. The minimum atomic E-state index is -0.0313. The minimum absolute atomic E-state index is 0.0141. The Labute approximate surface area is 173 Å². The number of rotatable bonds is 5. The van der Waals surface area contributed by atoms with Gasteiger partial charge in [-0.1, -0.05) is 17.7 Å². The lowest BCUT2D eigenvalue weighted by Gasteiger charge is -2.35. The second-order valence-electron chi connectivity index (χ2n) is 6.60. The Morgan fingerprint density at radius 2 is 1.72 bits per heavy atom. The molecule has 1 aliphatic rings. The van der Waals surface area contributed by atoms with Crippen LogP contribution in [0.25, 0.3) is 11.4 Å². The molecule has 0 saturated carbocycles. The first-order valence-electron chi connectivity index (χ1n) is 9.35. The lowest BCUT2D eigenvalue weighted by Crippen LogP contribution is -2.50. The van der Waals surface area contributed by atoms with Crippen LogP contribution in [0.4, 0.5) is 5.82 Å². The Morgan fingerprint density at radius 1 is 0.931 bits per heavy atom. The number of carbonyl (C=O) groups is 1. The third-order valence-corrected chi connectivity index (χ3v) is 4.96. The van der Waals surface area contributed by atoms with E-state index in [1.165, 1.54) is 0 Å². The molecule has 0 N–H and O–H groups in total. The molecule has 1 amide bonds. The number of hydrogen-bond acceptors (Lipinski definition) is 6. The van der Waals surface area contributed by atoms with Gasteiger partial charge in [-0.15, -0.1) is 10.2 Å². The largest absolute Gasteiger partial charge is 0.484 e. The van der Waals surface area contributed by atoms with Crippen LogP contribution in [-0.2, 0) is 4.79 Å². The zero-order valence-corrected chi connectivity index (χ0v) is 16.5. The number of carbonyl (C=O) groups excluding carboxylic acids is 1. The number of halogens is 1. The van der Waals surface area contributed by atoms with E-state index in [1.54, 1.807) is 30.5 Å². The van der Waals surface area contributed by atoms with Crippen molar-refractivity contribution in [2.45, 2.75) is 0 Å². The van der Waals surface area contributed by atoms with Gasteiger partial charge in [-0.25, -0.2) is 0 Å². The van der Waals surface area contributed by atoms with Crippen LogP contribution in [0.1, 0.15) is 0 Å². The van der Waals surface area contributed by atoms with Crippen molar-refractivity contribution in [1.82, 2.24) is 20.1 Å². The predicted molar refractivity (Wildman–Crippen MR) is 111 cm³/mol. The number of amides is 1. The maximum absolute atomic E-state index is 12.4. The van der Waals surface area contributed by atoms with Crippen molar-refractivity contribution in [1.29, 1.82) is 0 Å². The van der Waals surface area contributed by atoms with Gasteiger partial charge in [-0.2, -0.15) is 0 Å². The molecule has 4 rings (SSSR count). The van der Waals surface area contributed by atoms with Crippen LogP contribution >= 0.6 is 11.6 Å². The molecule has 2 aromatic heterocycles. The van der Waals surface area contributed by atoms with Gasteiger partial charge in [-0.3, -0.25) is 9.78 Å². The average molecular weight is 410 g/mol. The number of benzene rings is 1. The lowest BCUT2D eigenvalue weighted by molar-refractivity contribution is -0.133. The maximum atomic E-state index is 12.4. The molecule has 3 heterocycles. The van der Waals surface area contributed by atoms with E-state index < -0.39 is 0 Å². The highest BCUT2D eigenvalue weighted by atomic mass is 35.5. The van der Waals surface area contributed by atoms with Crippen molar-refractivity contribution in [2.75, 3.05) is 37.7 Å². The number of nitrogens with zero attached hydrogens (tertiary/aromatic N) is 5. The van der Waals surface area contributed by atoms with Crippen molar-refractivity contribution >= 4 is 23.3 Å². The molecular formula is C21H20ClN5O2. The van der Waals surface area contributed by atoms with Crippen LogP contribution in [0.5, 0.6) is 5.75 Å². The molecule has 0 atom stereocenters. The van der Waals surface area contributed by atoms with E-state index in [2.05, 4.69) is 20.1 Å². The number of anilines is 1. The molecule has 0 spiro atoms. The minimum Gasteiger partial charge on any atom is -0.484 e. The summed E-state index contributed by atoms with van der Waals surface area (Å²) in [6, 6.07) is 16.5. The third-order valence-electron chi connectivity index (χ3n) is 4.71. The quantitative estimate of drug-likeness (QED) is 0.645. The molecule has 0 radical (unpaired) electrons. The van der Waals surface area contributed by atoms with E-state index in [1.807, 2.05) is 35.2 Å². The predicted octanol–water partition coefficient (Wildman–Crippen LogP) is 2.92. The van der Waals surface area contributed by atoms with E-state index in [9.17, 15) is 4.79 Å². The molecule has 0 unspecified atom stereocenters. The molecule has 1 aliphatic heterocycles. The van der Waals surface area contributed by atoms with E-state index >= 15 is 0 Å². The highest BCUT2D eigenvalue weighted by Crippen LogP contribution is 2.18. The number of pyridine rings is 1. The van der Waals surface area contributed by atoms with Crippen LogP contribution in [0.3, 0.4) is 0 Å². The molecule has 0 aliphatic carbocycles. The highest BCUT2D eigenvalue weighted by Gasteiger charge is 2.22. The summed E-state index contributed by atoms with van der Waals surface area (Å²) >= 11 is 5.85. The van der Waals surface area contributed by atoms with Crippen LogP contribution in [0, 0.1) is 0 Å². The SMILES string of the molecule is O=C(COc1ccc(Cl)cc1)N1CCN(c2ccc(-c3ccccn3)nn2)CC1. The summed E-state index contributed by atoms with van der Waals surface area (Å²) in [4.78, 5) is 20.6. The van der Waals surface area contributed by atoms with Gasteiger partial charge in [0.2, 0.25) is 0 Å². The smallest absolute Gasteiger partial charge is 0.260 e. The van der Waals surface area contributed by atoms with Crippen LogP contribution in [0.2, 0.25) is 5.02 Å². The number of hydrogen-bond donors (Lipinski definition) is 0. The highest BCUT2D eigenvalue weighted by molar-refractivity contribution is 6.30. The van der Waals surface area contributed by atoms with Crippen LogP contribution in [0.15, 0.2) is 60.8 Å². The van der Waals surface area contributed by atoms with Gasteiger partial charge in [0.25, 0.3) is 5.91 Å². The molecule has 0 bridgehead atoms. The normalized spacial score (nSPS) is 14.0. The summed E-state index contributed by atoms with van der Waals surface area (Å²) in [5.41, 5.74) is 1.53. The van der Waals surface area contributed by atoms with E-state index in [4.69, 9.17) is 16.3 Å². The Kier molecular flexibility index (Phi) is 5.86. The summed E-state index contributed by atoms with van der Waals surface area (Å²) in [6.45, 7) is 2.65. The van der Waals surface area contributed by atoms with Crippen molar-refractivity contribution < 1.29 is 9.53 Å². The fourth-order valence-corrected chi connectivity index (χ4v) is 3.22. The van der Waals surface area contributed by atoms with Gasteiger partial charge in [-0.05, 0) is 48.5 Å². The molecular weight excluding hydrogens is 390 g/mol. The van der Waals surface area contributed by atoms with Crippen LogP contribution < -0.4 is 9.64 Å². The van der Waals surface area contributed by atoms with Crippen molar-refractivity contribution in [3.05, 3.63) is 65.8 Å². The standard InChI is InChI=1S/C21H20ClN5O2/c22-16-4-6-17(7-5-16)29-15-21(28)27-13-11-26(12-14-27)20-9-8-19(24-25-20)18-3-1-2-10-23-18/h1-10H,11-15H2. The summed E-state index contributed by atoms with van der Waals surface area (Å²) in [5.74, 6) is 1.40. The van der Waals surface area contributed by atoms with Gasteiger partial charge in [0.1, 0.15) is 11.4 Å². The van der Waals surface area contributed by atoms with Crippen LogP contribution in [-0.4, -0.2) is 58.8 Å². The fourth-order valence-electron chi connectivity index (χ4n) is 3.10. The first-order valence-corrected chi connectivity index (χ1v) is 9.73. The van der Waals surface area contributed by atoms with E-state index in [0.29, 0.717) is 37.0 Å². The summed E-state index contributed by atoms with van der Waals surface area (Å²) in [7, 11) is 0. The summed E-state index contributed by atoms with van der Waals surface area (Å²) in [6.07, 6.45) is 1.73. The molecule has 1 fully saturated rings. The first-order chi connectivity index (χ1) is 14.2. The van der Waals surface area contributed by atoms with Crippen molar-refractivity contribution in [3.63, 3.8) is 0 Å². The molecule has 148 valence electrons.